The second-order valence-electron chi connectivity index (χ2n) is 10.9. The van der Waals surface area contributed by atoms with Crippen LogP contribution >= 0.6 is 0 Å². The van der Waals surface area contributed by atoms with Crippen LogP contribution < -0.4 is 0 Å². The Balaban J connectivity index is 1.31. The Bertz CT molecular complexity index is 1210. The first-order chi connectivity index (χ1) is 17.1. The van der Waals surface area contributed by atoms with Crippen LogP contribution in [0.1, 0.15) is 76.3 Å². The Labute approximate surface area is 216 Å². The van der Waals surface area contributed by atoms with Crippen molar-refractivity contribution in [1.29, 1.82) is 0 Å². The molecule has 6 heteroatoms. The number of hydrogen-bond acceptors (Lipinski definition) is 4. The van der Waals surface area contributed by atoms with Crippen LogP contribution in [0.4, 0.5) is 0 Å². The molecular weight excluding hydrogens is 470 g/mol. The van der Waals surface area contributed by atoms with Gasteiger partial charge in [-0.2, -0.15) is 0 Å². The van der Waals surface area contributed by atoms with Crippen molar-refractivity contribution in [3.05, 3.63) is 53.1 Å². The molecule has 1 aliphatic heterocycles. The number of ether oxygens (including phenoxy) is 1. The third-order valence-electron chi connectivity index (χ3n) is 8.49. The van der Waals surface area contributed by atoms with Gasteiger partial charge in [0.1, 0.15) is 0 Å². The molecule has 5 nitrogen and oxygen atoms in total. The number of allylic oxidation sites excluding steroid dienone is 4. The van der Waals surface area contributed by atoms with Gasteiger partial charge in [-0.25, -0.2) is 8.42 Å². The summed E-state index contributed by atoms with van der Waals surface area (Å²) >= 11 is 0. The number of amides is 1. The van der Waals surface area contributed by atoms with Crippen LogP contribution in [-0.4, -0.2) is 56.0 Å². The summed E-state index contributed by atoms with van der Waals surface area (Å²) in [6.45, 7) is 4.95. The lowest BCUT2D eigenvalue weighted by molar-refractivity contribution is -0.133. The van der Waals surface area contributed by atoms with Crippen molar-refractivity contribution in [2.45, 2.75) is 75.6 Å². The van der Waals surface area contributed by atoms with Gasteiger partial charge in [-0.05, 0) is 81.6 Å². The van der Waals surface area contributed by atoms with Crippen LogP contribution in [-0.2, 0) is 19.4 Å². The molecule has 4 rings (SSSR count). The number of sulfone groups is 1. The van der Waals surface area contributed by atoms with Crippen LogP contribution in [0.2, 0.25) is 0 Å². The van der Waals surface area contributed by atoms with Gasteiger partial charge >= 0.3 is 0 Å². The Hall–Kier alpha value is -2.36. The first kappa shape index (κ1) is 26.7. The van der Waals surface area contributed by atoms with Gasteiger partial charge in [0.05, 0.1) is 16.3 Å². The van der Waals surface area contributed by atoms with Crippen LogP contribution in [0, 0.1) is 17.8 Å². The fourth-order valence-corrected chi connectivity index (χ4v) is 7.06. The molecule has 0 spiro atoms. The van der Waals surface area contributed by atoms with Crippen molar-refractivity contribution in [2.75, 3.05) is 26.5 Å². The molecule has 0 aromatic heterocycles. The smallest absolute Gasteiger partial charge is 0.219 e. The van der Waals surface area contributed by atoms with E-state index < -0.39 is 20.2 Å². The topological polar surface area (TPSA) is 63.7 Å². The summed E-state index contributed by atoms with van der Waals surface area (Å²) < 4.78 is 30.2. The van der Waals surface area contributed by atoms with E-state index in [9.17, 15) is 13.2 Å². The largest absolute Gasteiger partial charge is 0.377 e. The summed E-state index contributed by atoms with van der Waals surface area (Å²) in [6, 6.07) is 8.47. The molecule has 1 aromatic carbocycles. The molecule has 2 aliphatic carbocycles. The van der Waals surface area contributed by atoms with Crippen molar-refractivity contribution < 1.29 is 17.9 Å². The van der Waals surface area contributed by atoms with Gasteiger partial charge in [-0.15, -0.1) is 0 Å². The van der Waals surface area contributed by atoms with Gasteiger partial charge < -0.3 is 9.64 Å². The quantitative estimate of drug-likeness (QED) is 0.359. The van der Waals surface area contributed by atoms with Crippen molar-refractivity contribution >= 4 is 21.3 Å². The van der Waals surface area contributed by atoms with Crippen molar-refractivity contribution in [3.63, 3.8) is 0 Å². The standard InChI is InChI=1S/C30H39NO4S/c1-23(32)31-21-26(22-31)11-10-25-13-16-28(17-14-25)27-9-5-7-24(12-15-27)8-6-18-29(2,36(4,33)34)30(35-3)19-20-30/h7,13-17,26H,5-6,8-9,12,18-22H2,1-4H3. The van der Waals surface area contributed by atoms with Crippen LogP contribution in [0.25, 0.3) is 5.57 Å². The highest BCUT2D eigenvalue weighted by Gasteiger charge is 2.62. The molecule has 1 atom stereocenters. The molecule has 1 heterocycles. The Morgan fingerprint density at radius 3 is 2.47 bits per heavy atom. The van der Waals surface area contributed by atoms with Crippen molar-refractivity contribution in [1.82, 2.24) is 4.90 Å². The lowest BCUT2D eigenvalue weighted by atomic mass is 9.92. The molecule has 1 saturated carbocycles. The zero-order valence-electron chi connectivity index (χ0n) is 22.1. The summed E-state index contributed by atoms with van der Waals surface area (Å²) in [7, 11) is -1.58. The van der Waals surface area contributed by atoms with Gasteiger partial charge in [-0.1, -0.05) is 41.7 Å². The van der Waals surface area contributed by atoms with E-state index in [-0.39, 0.29) is 11.8 Å². The third kappa shape index (κ3) is 5.63. The maximum absolute atomic E-state index is 12.7. The molecule has 1 unspecified atom stereocenters. The van der Waals surface area contributed by atoms with E-state index in [2.05, 4.69) is 48.3 Å². The minimum absolute atomic E-state index is 0.122. The zero-order chi connectivity index (χ0) is 26.0. The van der Waals surface area contributed by atoms with E-state index in [1.807, 2.05) is 11.8 Å². The number of hydrogen-bond donors (Lipinski definition) is 0. The van der Waals surface area contributed by atoms with Crippen molar-refractivity contribution in [2.24, 2.45) is 5.92 Å². The summed E-state index contributed by atoms with van der Waals surface area (Å²) in [5, 5.41) is 0. The van der Waals surface area contributed by atoms with Gasteiger partial charge in [-0.3, -0.25) is 4.79 Å². The van der Waals surface area contributed by atoms with Gasteiger partial charge in [0.2, 0.25) is 5.91 Å². The van der Waals surface area contributed by atoms with E-state index in [0.29, 0.717) is 6.42 Å². The van der Waals surface area contributed by atoms with E-state index >= 15 is 0 Å². The fraction of sp³-hybridized carbons (Fsp3) is 0.567. The number of benzene rings is 1. The summed E-state index contributed by atoms with van der Waals surface area (Å²) in [6.07, 6.45) is 13.0. The molecule has 0 N–H and O–H groups in total. The average molecular weight is 510 g/mol. The average Bonchev–Trinajstić information content (AvgIpc) is 3.63. The Morgan fingerprint density at radius 2 is 1.89 bits per heavy atom. The SMILES string of the molecule is COC1(C(C)(CCCC2=CCCC(c3ccc(C#CC4CN(C(C)=O)C4)cc3)=CC2)S(C)(=O)=O)CC1. The molecule has 0 bridgehead atoms. The first-order valence-corrected chi connectivity index (χ1v) is 15.0. The second kappa shape index (κ2) is 10.6. The molecular formula is C30H39NO4S. The van der Waals surface area contributed by atoms with E-state index in [1.54, 1.807) is 14.0 Å². The zero-order valence-corrected chi connectivity index (χ0v) is 22.9. The maximum Gasteiger partial charge on any atom is 0.219 e. The number of carbonyl (C=O) groups excluding carboxylic acids is 1. The summed E-state index contributed by atoms with van der Waals surface area (Å²) in [5.74, 6) is 6.93. The minimum atomic E-state index is -3.23. The molecule has 0 radical (unpaired) electrons. The minimum Gasteiger partial charge on any atom is -0.377 e. The Kier molecular flexibility index (Phi) is 7.83. The Morgan fingerprint density at radius 1 is 1.19 bits per heavy atom. The molecule has 2 fully saturated rings. The predicted molar refractivity (Wildman–Crippen MR) is 145 cm³/mol. The van der Waals surface area contributed by atoms with Gasteiger partial charge in [0.25, 0.3) is 0 Å². The molecule has 1 saturated heterocycles. The maximum atomic E-state index is 12.7. The fourth-order valence-electron chi connectivity index (χ4n) is 5.58. The van der Waals surface area contributed by atoms with Gasteiger partial charge in [0, 0.05) is 38.9 Å². The highest BCUT2D eigenvalue weighted by molar-refractivity contribution is 7.92. The normalized spacial score (nSPS) is 21.2. The number of nitrogens with zero attached hydrogens (tertiary/aromatic N) is 1. The molecule has 3 aliphatic rings. The lowest BCUT2D eigenvalue weighted by Gasteiger charge is -2.35. The third-order valence-corrected chi connectivity index (χ3v) is 10.7. The lowest BCUT2D eigenvalue weighted by Crippen LogP contribution is -2.49. The van der Waals surface area contributed by atoms with Crippen molar-refractivity contribution in [3.8, 4) is 11.8 Å². The highest BCUT2D eigenvalue weighted by Crippen LogP contribution is 2.53. The summed E-state index contributed by atoms with van der Waals surface area (Å²) in [5.41, 5.74) is 4.49. The molecule has 36 heavy (non-hydrogen) atoms. The van der Waals surface area contributed by atoms with Crippen LogP contribution in [0.3, 0.4) is 0 Å². The first-order valence-electron chi connectivity index (χ1n) is 13.1. The van der Waals surface area contributed by atoms with E-state index in [1.165, 1.54) is 23.0 Å². The monoisotopic (exact) mass is 509 g/mol. The van der Waals surface area contributed by atoms with Crippen LogP contribution in [0.5, 0.6) is 0 Å². The number of likely N-dealkylation sites (tertiary alicyclic amines) is 1. The van der Waals surface area contributed by atoms with E-state index in [4.69, 9.17) is 4.74 Å². The molecule has 1 amide bonds. The predicted octanol–water partition coefficient (Wildman–Crippen LogP) is 5.16. The van der Waals surface area contributed by atoms with E-state index in [0.717, 1.165) is 63.6 Å². The summed E-state index contributed by atoms with van der Waals surface area (Å²) in [4.78, 5) is 13.1. The molecule has 1 aromatic rings. The molecule has 194 valence electrons. The number of methoxy groups -OCH3 is 1. The van der Waals surface area contributed by atoms with Gasteiger partial charge in [0.15, 0.2) is 9.84 Å². The highest BCUT2D eigenvalue weighted by atomic mass is 32.2. The number of carbonyl (C=O) groups is 1. The second-order valence-corrected chi connectivity index (χ2v) is 13.3. The number of rotatable bonds is 8. The van der Waals surface area contributed by atoms with Crippen LogP contribution in [0.15, 0.2) is 42.0 Å².